The Hall–Kier alpha value is -3.70. The number of aliphatic hydroxyl groups is 1. The molecule has 5 rings (SSSR count). The molecule has 0 unspecified atom stereocenters. The highest BCUT2D eigenvalue weighted by Crippen LogP contribution is 2.35. The van der Waals surface area contributed by atoms with E-state index in [1.165, 1.54) is 22.6 Å². The van der Waals surface area contributed by atoms with E-state index >= 15 is 0 Å². The lowest BCUT2D eigenvalue weighted by atomic mass is 9.94. The first-order valence-electron chi connectivity index (χ1n) is 10.7. The van der Waals surface area contributed by atoms with E-state index in [1.54, 1.807) is 0 Å². The number of aliphatic hydroxyl groups excluding tert-OH is 1. The van der Waals surface area contributed by atoms with Crippen molar-refractivity contribution >= 4 is 27.6 Å². The lowest BCUT2D eigenvalue weighted by Crippen LogP contribution is -2.39. The summed E-state index contributed by atoms with van der Waals surface area (Å²) in [5.74, 6) is -5.03. The molecule has 0 spiro atoms. The summed E-state index contributed by atoms with van der Waals surface area (Å²) in [5.41, 5.74) is 0.372. The highest BCUT2D eigenvalue weighted by atomic mass is 19.2. The molecule has 2 N–H and O–H groups in total. The number of halogens is 4. The molecule has 1 atom stereocenters. The molecule has 0 fully saturated rings. The minimum absolute atomic E-state index is 0.00977. The number of aromatic amines is 1. The normalized spacial score (nSPS) is 15.5. The second kappa shape index (κ2) is 8.51. The van der Waals surface area contributed by atoms with E-state index in [0.29, 0.717) is 16.6 Å². The third-order valence-corrected chi connectivity index (χ3v) is 6.31. The second-order valence-electron chi connectivity index (χ2n) is 8.34. The molecule has 7 nitrogen and oxygen atoms in total. The van der Waals surface area contributed by atoms with Gasteiger partial charge in [0.1, 0.15) is 5.69 Å². The maximum absolute atomic E-state index is 14.2. The number of nitrogens with one attached hydrogen (secondary N) is 1. The fourth-order valence-corrected chi connectivity index (χ4v) is 4.61. The molecular weight excluding hydrogens is 470 g/mol. The fraction of sp³-hybridized carbons (Fsp3) is 0.250. The summed E-state index contributed by atoms with van der Waals surface area (Å²) in [4.78, 5) is 30.4. The Morgan fingerprint density at radius 3 is 2.46 bits per heavy atom. The van der Waals surface area contributed by atoms with Gasteiger partial charge in [-0.05, 0) is 29.7 Å². The van der Waals surface area contributed by atoms with Crippen molar-refractivity contribution in [2.75, 3.05) is 20.3 Å². The van der Waals surface area contributed by atoms with Crippen LogP contribution in [0.4, 0.5) is 17.6 Å². The number of amides is 1. The number of aromatic nitrogens is 2. The molecule has 2 aromatic carbocycles. The summed E-state index contributed by atoms with van der Waals surface area (Å²) < 4.78 is 62.3. The quantitative estimate of drug-likeness (QED) is 0.431. The van der Waals surface area contributed by atoms with Crippen molar-refractivity contribution in [2.45, 2.75) is 19.2 Å². The second-order valence-corrected chi connectivity index (χ2v) is 8.34. The Morgan fingerprint density at radius 2 is 1.74 bits per heavy atom. The van der Waals surface area contributed by atoms with Crippen molar-refractivity contribution in [3.63, 3.8) is 0 Å². The van der Waals surface area contributed by atoms with Crippen LogP contribution in [0.2, 0.25) is 0 Å². The molecule has 1 aliphatic rings. The van der Waals surface area contributed by atoms with Gasteiger partial charge in [0.2, 0.25) is 0 Å². The Kier molecular flexibility index (Phi) is 5.60. The predicted octanol–water partition coefficient (Wildman–Crippen LogP) is 3.38. The number of pyridine rings is 1. The molecule has 0 saturated carbocycles. The van der Waals surface area contributed by atoms with Gasteiger partial charge in [0.05, 0.1) is 36.9 Å². The van der Waals surface area contributed by atoms with Crippen LogP contribution < -0.4 is 5.56 Å². The van der Waals surface area contributed by atoms with Crippen LogP contribution in [-0.2, 0) is 17.9 Å². The van der Waals surface area contributed by atoms with Gasteiger partial charge in [0.25, 0.3) is 11.5 Å². The highest BCUT2D eigenvalue weighted by molar-refractivity contribution is 5.98. The predicted molar refractivity (Wildman–Crippen MR) is 118 cm³/mol. The molecule has 0 saturated heterocycles. The maximum atomic E-state index is 14.2. The van der Waals surface area contributed by atoms with Gasteiger partial charge in [-0.1, -0.05) is 0 Å². The minimum Gasteiger partial charge on any atom is -0.395 e. The summed E-state index contributed by atoms with van der Waals surface area (Å²) in [6.45, 7) is -0.542. The van der Waals surface area contributed by atoms with E-state index in [-0.39, 0.29) is 48.3 Å². The highest BCUT2D eigenvalue weighted by Gasteiger charge is 2.33. The molecular formula is C24H19F4N3O4. The number of rotatable bonds is 4. The van der Waals surface area contributed by atoms with E-state index in [4.69, 9.17) is 4.74 Å². The Labute approximate surface area is 195 Å². The fourth-order valence-electron chi connectivity index (χ4n) is 4.61. The summed E-state index contributed by atoms with van der Waals surface area (Å²) >= 11 is 0. The smallest absolute Gasteiger partial charge is 0.270 e. The average molecular weight is 489 g/mol. The van der Waals surface area contributed by atoms with Crippen molar-refractivity contribution in [2.24, 2.45) is 0 Å². The van der Waals surface area contributed by atoms with Crippen LogP contribution in [-0.4, -0.2) is 45.7 Å². The number of nitrogens with zero attached hydrogens (tertiary/aromatic N) is 2. The van der Waals surface area contributed by atoms with Crippen LogP contribution in [0.15, 0.2) is 35.1 Å². The van der Waals surface area contributed by atoms with E-state index in [0.717, 1.165) is 24.3 Å². The van der Waals surface area contributed by atoms with Crippen molar-refractivity contribution in [3.8, 4) is 0 Å². The first kappa shape index (κ1) is 23.1. The monoisotopic (exact) mass is 489 g/mol. The number of hydrogen-bond acceptors (Lipinski definition) is 4. The van der Waals surface area contributed by atoms with E-state index in [1.807, 2.05) is 0 Å². The van der Waals surface area contributed by atoms with Gasteiger partial charge in [0.15, 0.2) is 23.3 Å². The number of ether oxygens (including phenoxy) is 1. The zero-order valence-corrected chi connectivity index (χ0v) is 18.4. The number of H-pyrrole nitrogens is 1. The van der Waals surface area contributed by atoms with Gasteiger partial charge in [0, 0.05) is 36.1 Å². The van der Waals surface area contributed by atoms with E-state index in [2.05, 4.69) is 4.98 Å². The van der Waals surface area contributed by atoms with Crippen molar-refractivity contribution < 1.29 is 32.2 Å². The summed E-state index contributed by atoms with van der Waals surface area (Å²) in [7, 11) is 1.46. The van der Waals surface area contributed by atoms with Gasteiger partial charge in [-0.15, -0.1) is 0 Å². The van der Waals surface area contributed by atoms with Crippen molar-refractivity contribution in [1.29, 1.82) is 0 Å². The molecule has 35 heavy (non-hydrogen) atoms. The first-order chi connectivity index (χ1) is 16.7. The Morgan fingerprint density at radius 1 is 1.09 bits per heavy atom. The third-order valence-electron chi connectivity index (χ3n) is 6.31. The number of likely N-dealkylation sites (N-methyl/N-ethyl adjacent to an activating group) is 1. The summed E-state index contributed by atoms with van der Waals surface area (Å²) in [6.07, 6.45) is 0. The van der Waals surface area contributed by atoms with Crippen LogP contribution in [0, 0.1) is 23.3 Å². The van der Waals surface area contributed by atoms with Crippen LogP contribution in [0.1, 0.15) is 27.8 Å². The summed E-state index contributed by atoms with van der Waals surface area (Å²) in [5, 5.41) is 9.81. The van der Waals surface area contributed by atoms with Gasteiger partial charge < -0.3 is 24.3 Å². The molecule has 0 aliphatic carbocycles. The molecule has 1 amide bonds. The first-order valence-corrected chi connectivity index (χ1v) is 10.7. The molecule has 0 radical (unpaired) electrons. The van der Waals surface area contributed by atoms with Crippen LogP contribution in [0.5, 0.6) is 0 Å². The lowest BCUT2D eigenvalue weighted by molar-refractivity contribution is 0.0312. The van der Waals surface area contributed by atoms with E-state index in [9.17, 15) is 32.3 Å². The van der Waals surface area contributed by atoms with Crippen molar-refractivity contribution in [1.82, 2.24) is 14.5 Å². The Bertz CT molecular complexity index is 1520. The molecule has 3 heterocycles. The van der Waals surface area contributed by atoms with Crippen LogP contribution >= 0.6 is 0 Å². The van der Waals surface area contributed by atoms with Crippen LogP contribution in [0.3, 0.4) is 0 Å². The SMILES string of the molecule is CN(C(=O)c1cc2cc(F)c(F)cc2[nH]1)[C@@H]1COCc2c1c1cc(F)c(F)cc1c(=O)n2CCO. The zero-order chi connectivity index (χ0) is 25.0. The molecule has 182 valence electrons. The topological polar surface area (TPSA) is 87.6 Å². The van der Waals surface area contributed by atoms with Crippen molar-refractivity contribution in [3.05, 3.63) is 80.9 Å². The zero-order valence-electron chi connectivity index (χ0n) is 18.4. The van der Waals surface area contributed by atoms with Gasteiger partial charge in [-0.25, -0.2) is 17.6 Å². The molecule has 2 aromatic heterocycles. The van der Waals surface area contributed by atoms with Crippen LogP contribution in [0.25, 0.3) is 21.7 Å². The third kappa shape index (κ3) is 3.67. The number of carbonyl (C=O) groups excluding carboxylic acids is 1. The summed E-state index contributed by atoms with van der Waals surface area (Å²) in [6, 6.07) is 4.19. The molecule has 4 aromatic rings. The number of benzene rings is 2. The average Bonchev–Trinajstić information content (AvgIpc) is 3.24. The number of hydrogen-bond donors (Lipinski definition) is 2. The maximum Gasteiger partial charge on any atom is 0.270 e. The van der Waals surface area contributed by atoms with Gasteiger partial charge in [-0.2, -0.15) is 0 Å². The minimum atomic E-state index is -1.20. The largest absolute Gasteiger partial charge is 0.395 e. The van der Waals surface area contributed by atoms with Gasteiger partial charge >= 0.3 is 0 Å². The lowest BCUT2D eigenvalue weighted by Gasteiger charge is -2.35. The number of fused-ring (bicyclic) bond motifs is 4. The van der Waals surface area contributed by atoms with E-state index < -0.39 is 40.8 Å². The molecule has 1 aliphatic heterocycles. The number of carbonyl (C=O) groups is 1. The Balaban J connectivity index is 1.66. The molecule has 11 heteroatoms. The standard InChI is InChI=1S/C24H19F4N3O4/c1-30(24(34)19-5-11-4-14(25)17(28)8-18(11)29-19)20-9-35-10-21-22(20)12-6-15(26)16(27)7-13(12)23(33)31(21)2-3-32/h4-8,20,29,32H,2-3,9-10H2,1H3/t20-/m1/s1. The molecule has 0 bridgehead atoms. The van der Waals surface area contributed by atoms with Gasteiger partial charge in [-0.3, -0.25) is 9.59 Å².